The van der Waals surface area contributed by atoms with Crippen molar-refractivity contribution >= 4 is 32.5 Å². The standard InChI is InChI=1S/C23H35N5O5S/c1-31-16-24-23-26-19-15-21(33-11-5-10-28-8-3-4-9-28)20(32-2)14-18(19)22(27-23)25-17-6-12-34(29,30)13-7-17/h14-15,17H,3-13,16H2,1-2H3,(H2,24,25,26,27). The minimum Gasteiger partial charge on any atom is -0.493 e. The van der Waals surface area contributed by atoms with Gasteiger partial charge in [-0.1, -0.05) is 0 Å². The van der Waals surface area contributed by atoms with E-state index in [9.17, 15) is 8.42 Å². The monoisotopic (exact) mass is 493 g/mol. The maximum absolute atomic E-state index is 11.8. The molecule has 2 N–H and O–H groups in total. The van der Waals surface area contributed by atoms with Gasteiger partial charge in [0.2, 0.25) is 5.95 Å². The van der Waals surface area contributed by atoms with E-state index < -0.39 is 9.84 Å². The number of rotatable bonds is 11. The molecule has 2 aliphatic heterocycles. The van der Waals surface area contributed by atoms with Gasteiger partial charge >= 0.3 is 0 Å². The van der Waals surface area contributed by atoms with E-state index in [1.165, 1.54) is 25.9 Å². The zero-order valence-corrected chi connectivity index (χ0v) is 20.8. The summed E-state index contributed by atoms with van der Waals surface area (Å²) < 4.78 is 40.5. The molecule has 2 saturated heterocycles. The molecule has 34 heavy (non-hydrogen) atoms. The van der Waals surface area contributed by atoms with Crippen molar-refractivity contribution in [2.24, 2.45) is 0 Å². The Morgan fingerprint density at radius 2 is 1.85 bits per heavy atom. The van der Waals surface area contributed by atoms with E-state index in [2.05, 4.69) is 25.5 Å². The molecule has 1 aromatic carbocycles. The van der Waals surface area contributed by atoms with Crippen molar-refractivity contribution in [3.8, 4) is 11.5 Å². The summed E-state index contributed by atoms with van der Waals surface area (Å²) in [7, 11) is 0.265. The van der Waals surface area contributed by atoms with Gasteiger partial charge in [-0.25, -0.2) is 13.4 Å². The number of hydrogen-bond donors (Lipinski definition) is 2. The summed E-state index contributed by atoms with van der Waals surface area (Å²) in [6.45, 7) is 4.25. The van der Waals surface area contributed by atoms with Gasteiger partial charge < -0.3 is 29.7 Å². The number of aromatic nitrogens is 2. The Morgan fingerprint density at radius 3 is 2.56 bits per heavy atom. The maximum atomic E-state index is 11.8. The van der Waals surface area contributed by atoms with E-state index in [0.717, 1.165) is 18.4 Å². The highest BCUT2D eigenvalue weighted by Gasteiger charge is 2.25. The fraction of sp³-hybridized carbons (Fsp3) is 0.652. The molecule has 4 rings (SSSR count). The van der Waals surface area contributed by atoms with Crippen LogP contribution < -0.4 is 20.1 Å². The third kappa shape index (κ3) is 6.39. The molecule has 1 aromatic heterocycles. The number of nitrogens with zero attached hydrogens (tertiary/aromatic N) is 3. The lowest BCUT2D eigenvalue weighted by molar-refractivity contribution is 0.220. The van der Waals surface area contributed by atoms with Crippen molar-refractivity contribution < 1.29 is 22.6 Å². The second kappa shape index (κ2) is 11.4. The third-order valence-electron chi connectivity index (χ3n) is 6.33. The molecule has 0 saturated carbocycles. The van der Waals surface area contributed by atoms with Crippen molar-refractivity contribution in [2.75, 3.05) is 69.3 Å². The van der Waals surface area contributed by atoms with Crippen LogP contribution in [0.15, 0.2) is 12.1 Å². The Balaban J connectivity index is 1.54. The first-order valence-corrected chi connectivity index (χ1v) is 13.7. The minimum atomic E-state index is -2.94. The molecule has 11 heteroatoms. The number of likely N-dealkylation sites (tertiary alicyclic amines) is 1. The molecule has 0 amide bonds. The highest BCUT2D eigenvalue weighted by molar-refractivity contribution is 7.91. The number of sulfone groups is 1. The Morgan fingerprint density at radius 1 is 1.09 bits per heavy atom. The minimum absolute atomic E-state index is 0.0180. The lowest BCUT2D eigenvalue weighted by Gasteiger charge is -2.24. The van der Waals surface area contributed by atoms with Crippen LogP contribution in [0.1, 0.15) is 32.1 Å². The van der Waals surface area contributed by atoms with Gasteiger partial charge in [-0.15, -0.1) is 0 Å². The molecule has 3 heterocycles. The van der Waals surface area contributed by atoms with Gasteiger partial charge in [-0.05, 0) is 51.3 Å². The summed E-state index contributed by atoms with van der Waals surface area (Å²) in [5, 5.41) is 7.27. The van der Waals surface area contributed by atoms with Gasteiger partial charge in [0.25, 0.3) is 0 Å². The zero-order valence-electron chi connectivity index (χ0n) is 20.0. The van der Waals surface area contributed by atoms with E-state index in [1.807, 2.05) is 12.1 Å². The number of nitrogens with one attached hydrogen (secondary N) is 2. The normalized spacial score (nSPS) is 18.8. The second-order valence-corrected chi connectivity index (χ2v) is 11.2. The van der Waals surface area contributed by atoms with Gasteiger partial charge in [-0.2, -0.15) is 4.98 Å². The first kappa shape index (κ1) is 24.7. The molecule has 0 bridgehead atoms. The Labute approximate surface area is 201 Å². The molecule has 2 aliphatic rings. The topological polar surface area (TPSA) is 115 Å². The Hall–Kier alpha value is -2.37. The number of fused-ring (bicyclic) bond motifs is 1. The summed E-state index contributed by atoms with van der Waals surface area (Å²) in [5.74, 6) is 2.67. The van der Waals surface area contributed by atoms with Gasteiger partial charge in [0.05, 0.1) is 30.7 Å². The largest absolute Gasteiger partial charge is 0.493 e. The summed E-state index contributed by atoms with van der Waals surface area (Å²) in [4.78, 5) is 11.7. The van der Waals surface area contributed by atoms with Crippen LogP contribution in [0.25, 0.3) is 10.9 Å². The quantitative estimate of drug-likeness (QED) is 0.357. The van der Waals surface area contributed by atoms with Crippen LogP contribution in [-0.4, -0.2) is 88.0 Å². The summed E-state index contributed by atoms with van der Waals surface area (Å²) in [6.07, 6.45) is 4.61. The fourth-order valence-electron chi connectivity index (χ4n) is 4.44. The van der Waals surface area contributed by atoms with Crippen LogP contribution >= 0.6 is 0 Å². The molecule has 2 fully saturated rings. The lowest BCUT2D eigenvalue weighted by Crippen LogP contribution is -2.32. The predicted molar refractivity (Wildman–Crippen MR) is 133 cm³/mol. The smallest absolute Gasteiger partial charge is 0.227 e. The fourth-order valence-corrected chi connectivity index (χ4v) is 5.93. The predicted octanol–water partition coefficient (Wildman–Crippen LogP) is 2.51. The van der Waals surface area contributed by atoms with E-state index in [4.69, 9.17) is 14.2 Å². The van der Waals surface area contributed by atoms with Gasteiger partial charge in [-0.3, -0.25) is 0 Å². The lowest BCUT2D eigenvalue weighted by atomic mass is 10.1. The third-order valence-corrected chi connectivity index (χ3v) is 8.04. The van der Waals surface area contributed by atoms with Crippen LogP contribution in [0.4, 0.5) is 11.8 Å². The number of anilines is 2. The van der Waals surface area contributed by atoms with Crippen molar-refractivity contribution in [1.29, 1.82) is 0 Å². The first-order valence-electron chi connectivity index (χ1n) is 11.9. The molecule has 188 valence electrons. The van der Waals surface area contributed by atoms with Crippen LogP contribution in [0.3, 0.4) is 0 Å². The van der Waals surface area contributed by atoms with E-state index in [1.54, 1.807) is 14.2 Å². The Bertz CT molecular complexity index is 1060. The second-order valence-electron chi connectivity index (χ2n) is 8.85. The molecule has 0 unspecified atom stereocenters. The highest BCUT2D eigenvalue weighted by Crippen LogP contribution is 2.35. The summed E-state index contributed by atoms with van der Waals surface area (Å²) in [6, 6.07) is 3.78. The molecule has 0 spiro atoms. The average molecular weight is 494 g/mol. The van der Waals surface area contributed by atoms with Crippen LogP contribution in [0.5, 0.6) is 11.5 Å². The number of benzene rings is 1. The van der Waals surface area contributed by atoms with Crippen molar-refractivity contribution in [3.05, 3.63) is 12.1 Å². The van der Waals surface area contributed by atoms with E-state index in [-0.39, 0.29) is 24.3 Å². The SMILES string of the molecule is COCNc1nc(NC2CCS(=O)(=O)CC2)c2cc(OC)c(OCCCN3CCCC3)cc2n1. The number of hydrogen-bond acceptors (Lipinski definition) is 10. The van der Waals surface area contributed by atoms with Crippen molar-refractivity contribution in [2.45, 2.75) is 38.1 Å². The zero-order chi connectivity index (χ0) is 24.0. The molecular weight excluding hydrogens is 458 g/mol. The van der Waals surface area contributed by atoms with Crippen LogP contribution in [0, 0.1) is 0 Å². The summed E-state index contributed by atoms with van der Waals surface area (Å²) >= 11 is 0. The summed E-state index contributed by atoms with van der Waals surface area (Å²) in [5.41, 5.74) is 0.704. The molecule has 0 atom stereocenters. The molecule has 0 radical (unpaired) electrons. The molecule has 10 nitrogen and oxygen atoms in total. The van der Waals surface area contributed by atoms with Gasteiger partial charge in [0, 0.05) is 31.1 Å². The number of ether oxygens (including phenoxy) is 3. The number of methoxy groups -OCH3 is 2. The average Bonchev–Trinajstić information content (AvgIpc) is 3.35. The highest BCUT2D eigenvalue weighted by atomic mass is 32.2. The first-order chi connectivity index (χ1) is 16.5. The van der Waals surface area contributed by atoms with Crippen molar-refractivity contribution in [1.82, 2.24) is 14.9 Å². The van der Waals surface area contributed by atoms with E-state index >= 15 is 0 Å². The van der Waals surface area contributed by atoms with Crippen LogP contribution in [0.2, 0.25) is 0 Å². The Kier molecular flexibility index (Phi) is 8.28. The van der Waals surface area contributed by atoms with Gasteiger partial charge in [0.15, 0.2) is 11.5 Å². The maximum Gasteiger partial charge on any atom is 0.227 e. The molecular formula is C23H35N5O5S. The van der Waals surface area contributed by atoms with E-state index in [0.29, 0.717) is 48.2 Å². The molecule has 0 aliphatic carbocycles. The molecule has 2 aromatic rings. The van der Waals surface area contributed by atoms with Crippen LogP contribution in [-0.2, 0) is 14.6 Å². The van der Waals surface area contributed by atoms with Gasteiger partial charge in [0.1, 0.15) is 22.4 Å². The van der Waals surface area contributed by atoms with Crippen molar-refractivity contribution in [3.63, 3.8) is 0 Å².